The zero-order valence-electron chi connectivity index (χ0n) is 24.7. The quantitative estimate of drug-likeness (QED) is 0.312. The van der Waals surface area contributed by atoms with Crippen LogP contribution in [0.2, 0.25) is 0 Å². The maximum Gasteiger partial charge on any atom is 0.330 e. The first-order valence-corrected chi connectivity index (χ1v) is 12.9. The summed E-state index contributed by atoms with van der Waals surface area (Å²) in [5.41, 5.74) is -8.21. The maximum atomic E-state index is 14.6. The van der Waals surface area contributed by atoms with Crippen LogP contribution in [0.5, 0.6) is 0 Å². The van der Waals surface area contributed by atoms with Gasteiger partial charge in [-0.1, -0.05) is 14.4 Å². The Morgan fingerprint density at radius 3 is 1.60 bits per heavy atom. The summed E-state index contributed by atoms with van der Waals surface area (Å²) in [7, 11) is 0. The van der Waals surface area contributed by atoms with Crippen LogP contribution in [-0.2, 0) is 14.2 Å². The zero-order chi connectivity index (χ0) is 32.4. The van der Waals surface area contributed by atoms with Crippen molar-refractivity contribution in [3.8, 4) is 0 Å². The number of nitrogens with one attached hydrogen (secondary N) is 2. The molecule has 1 unspecified atom stereocenters. The fraction of sp³-hybridized carbons (Fsp3) is 0.692. The van der Waals surface area contributed by atoms with Gasteiger partial charge >= 0.3 is 11.4 Å². The minimum Gasteiger partial charge on any atom is -0.394 e. The van der Waals surface area contributed by atoms with Gasteiger partial charge < -0.3 is 29.5 Å². The molecule has 42 heavy (non-hydrogen) atoms. The first-order chi connectivity index (χ1) is 19.9. The molecule has 3 aliphatic heterocycles. The van der Waals surface area contributed by atoms with Crippen molar-refractivity contribution in [2.75, 3.05) is 19.8 Å². The molecule has 0 saturated carbocycles. The molecule has 0 spiro atoms. The van der Waals surface area contributed by atoms with Gasteiger partial charge in [-0.15, -0.1) is 0 Å². The van der Waals surface area contributed by atoms with Gasteiger partial charge in [0.05, 0.1) is 15.5 Å². The van der Waals surface area contributed by atoms with E-state index in [0.29, 0.717) is 0 Å². The molecule has 16 heteroatoms. The normalized spacial score (nSPS) is 37.8. The number of hydrogen-bond donors (Lipinski definition) is 5. The predicted molar refractivity (Wildman–Crippen MR) is 146 cm³/mol. The molecule has 0 radical (unpaired) electrons. The van der Waals surface area contributed by atoms with Crippen LogP contribution in [0, 0.1) is 0 Å². The number of aromatic amines is 2. The minimum atomic E-state index is -2.72. The lowest BCUT2D eigenvalue weighted by Crippen LogP contribution is -2.43. The lowest BCUT2D eigenvalue weighted by Gasteiger charge is -2.24. The second-order valence-corrected chi connectivity index (χ2v) is 9.82. The summed E-state index contributed by atoms with van der Waals surface area (Å²) >= 11 is 0. The highest BCUT2D eigenvalue weighted by atomic mass is 19.1. The van der Waals surface area contributed by atoms with Gasteiger partial charge in [-0.3, -0.25) is 28.7 Å². The molecule has 3 aliphatic rings. The predicted octanol–water partition coefficient (Wildman–Crippen LogP) is -0.119. The number of ether oxygens (including phenoxy) is 3. The smallest absolute Gasteiger partial charge is 0.330 e. The highest BCUT2D eigenvalue weighted by Gasteiger charge is 2.55. The van der Waals surface area contributed by atoms with Crippen molar-refractivity contribution in [3.05, 3.63) is 66.2 Å². The average Bonchev–Trinajstić information content (AvgIpc) is 3.59. The Morgan fingerprint density at radius 2 is 1.31 bits per heavy atom. The molecule has 0 amide bonds. The summed E-state index contributed by atoms with van der Waals surface area (Å²) in [6.07, 6.45) is -6.01. The van der Waals surface area contributed by atoms with E-state index in [4.69, 9.17) is 22.1 Å². The van der Waals surface area contributed by atoms with E-state index in [1.807, 2.05) is 9.97 Å². The van der Waals surface area contributed by atoms with E-state index in [1.165, 1.54) is 12.8 Å². The molecular weight excluding hydrogens is 566 g/mol. The Kier molecular flexibility index (Phi) is 11.0. The van der Waals surface area contributed by atoms with Crippen LogP contribution < -0.4 is 22.5 Å². The number of aliphatic hydroxyl groups excluding tert-OH is 1. The number of rotatable bonds is 4. The Bertz CT molecular complexity index is 1370. The van der Waals surface area contributed by atoms with E-state index in [2.05, 4.69) is 0 Å². The summed E-state index contributed by atoms with van der Waals surface area (Å²) in [5, 5.41) is 28.7. The molecule has 5 N–H and O–H groups in total. The van der Waals surface area contributed by atoms with E-state index in [9.17, 15) is 38.2 Å². The molecule has 0 bridgehead atoms. The SMILES string of the molecule is C.C1CCOC1.[2H]C1(O)[C@@H](CC)O[C@@H](n2ccc(=O)[nH]c2=O)[C@]1(C)F.[2H][C@@]1(O)[C@@H](CO)O[C@@H](n2ccc(=O)[nH]c2=O)[C@]1(C)F. The monoisotopic (exact) mass is 608 g/mol. The molecule has 0 aliphatic carbocycles. The molecule has 3 saturated heterocycles. The van der Waals surface area contributed by atoms with Gasteiger partial charge in [-0.2, -0.15) is 0 Å². The fourth-order valence-corrected chi connectivity index (χ4v) is 4.39. The third kappa shape index (κ3) is 7.48. The van der Waals surface area contributed by atoms with Gasteiger partial charge in [0.2, 0.25) is 0 Å². The summed E-state index contributed by atoms with van der Waals surface area (Å²) in [6.45, 7) is 4.74. The van der Waals surface area contributed by atoms with E-state index < -0.39 is 77.3 Å². The van der Waals surface area contributed by atoms with Gasteiger partial charge in [0.1, 0.15) is 18.3 Å². The topological polar surface area (TPSA) is 198 Å². The molecule has 5 heterocycles. The van der Waals surface area contributed by atoms with E-state index in [0.717, 1.165) is 60.7 Å². The Balaban J connectivity index is 0.000000259. The molecule has 5 rings (SSSR count). The van der Waals surface area contributed by atoms with Gasteiger partial charge in [-0.05, 0) is 33.1 Å². The first kappa shape index (κ1) is 31.9. The molecule has 2 aromatic rings. The Hall–Kier alpha value is -3.02. The lowest BCUT2D eigenvalue weighted by molar-refractivity contribution is -0.0611. The highest BCUT2D eigenvalue weighted by Crippen LogP contribution is 2.41. The number of hydrogen-bond acceptors (Lipinski definition) is 10. The fourth-order valence-electron chi connectivity index (χ4n) is 4.39. The van der Waals surface area contributed by atoms with Crippen molar-refractivity contribution in [1.29, 1.82) is 0 Å². The molecule has 14 nitrogen and oxygen atoms in total. The van der Waals surface area contributed by atoms with Crippen LogP contribution in [0.1, 0.15) is 62.7 Å². The second-order valence-electron chi connectivity index (χ2n) is 9.82. The number of H-pyrrole nitrogens is 2. The van der Waals surface area contributed by atoms with Crippen molar-refractivity contribution >= 4 is 0 Å². The number of nitrogens with zero attached hydrogens (tertiary/aromatic N) is 2. The van der Waals surface area contributed by atoms with Crippen LogP contribution in [0.3, 0.4) is 0 Å². The molecular formula is C26H40F2N4O10. The third-order valence-corrected chi connectivity index (χ3v) is 6.70. The van der Waals surface area contributed by atoms with Crippen LogP contribution in [0.15, 0.2) is 43.7 Å². The first-order valence-electron chi connectivity index (χ1n) is 13.9. The average molecular weight is 609 g/mol. The Morgan fingerprint density at radius 1 is 0.905 bits per heavy atom. The third-order valence-electron chi connectivity index (χ3n) is 6.70. The zero-order valence-corrected chi connectivity index (χ0v) is 22.7. The van der Waals surface area contributed by atoms with Gasteiger partial charge in [0.25, 0.3) is 11.1 Å². The maximum absolute atomic E-state index is 14.6. The van der Waals surface area contributed by atoms with Gasteiger partial charge in [0, 0.05) is 37.7 Å². The molecule has 8 atom stereocenters. The number of aliphatic hydroxyl groups is 3. The number of halogens is 2. The van der Waals surface area contributed by atoms with E-state index in [-0.39, 0.29) is 13.8 Å². The molecule has 0 aromatic carbocycles. The van der Waals surface area contributed by atoms with Crippen LogP contribution in [-0.4, -0.2) is 89.9 Å². The largest absolute Gasteiger partial charge is 0.394 e. The van der Waals surface area contributed by atoms with Crippen LogP contribution in [0.4, 0.5) is 8.78 Å². The van der Waals surface area contributed by atoms with Crippen molar-refractivity contribution in [3.63, 3.8) is 0 Å². The minimum absolute atomic E-state index is 0. The number of aromatic nitrogens is 4. The molecule has 238 valence electrons. The van der Waals surface area contributed by atoms with Gasteiger partial charge in [-0.25, -0.2) is 18.4 Å². The number of alkyl halides is 2. The highest BCUT2D eigenvalue weighted by molar-refractivity contribution is 5.02. The lowest BCUT2D eigenvalue weighted by atomic mass is 9.97. The van der Waals surface area contributed by atoms with Gasteiger partial charge in [0.15, 0.2) is 23.8 Å². The summed E-state index contributed by atoms with van der Waals surface area (Å²) in [4.78, 5) is 49.0. The van der Waals surface area contributed by atoms with E-state index >= 15 is 0 Å². The van der Waals surface area contributed by atoms with Crippen LogP contribution >= 0.6 is 0 Å². The summed E-state index contributed by atoms with van der Waals surface area (Å²) in [6, 6.07) is 2.03. The van der Waals surface area contributed by atoms with E-state index in [1.54, 1.807) is 6.92 Å². The van der Waals surface area contributed by atoms with Crippen molar-refractivity contribution < 1.29 is 41.1 Å². The van der Waals surface area contributed by atoms with Crippen molar-refractivity contribution in [1.82, 2.24) is 19.1 Å². The summed E-state index contributed by atoms with van der Waals surface area (Å²) in [5.74, 6) is 0. The summed E-state index contributed by atoms with van der Waals surface area (Å²) < 4.78 is 61.2. The Labute approximate surface area is 242 Å². The van der Waals surface area contributed by atoms with Crippen LogP contribution in [0.25, 0.3) is 0 Å². The molecule has 2 aromatic heterocycles. The second kappa shape index (κ2) is 14.4. The van der Waals surface area contributed by atoms with Crippen molar-refractivity contribution in [2.45, 2.75) is 95.6 Å². The van der Waals surface area contributed by atoms with Crippen molar-refractivity contribution in [2.24, 2.45) is 0 Å². The standard InChI is InChI=1S/C11H15FN2O4.C10H13FN2O5.C4H8O.CH4/c1-3-6-8(16)11(2,12)9(18-6)14-5-4-7(15)13-10(14)17;1-10(11)7(16)5(4-14)18-8(10)13-3-2-6(15)12-9(13)17;1-2-4-5-3-1;/h4-6,8-9,16H,3H2,1-2H3,(H,13,15,17);2-3,5,7-8,14,16H,4H2,1H3,(H,12,15,17);1-4H2;1H4/t6-,8?,9-,11-;5-,7-,8-,10-;;/m11../s1/i8D;7D;;. The molecule has 3 fully saturated rings.